The Morgan fingerprint density at radius 1 is 1.39 bits per heavy atom. The van der Waals surface area contributed by atoms with E-state index in [1.165, 1.54) is 0 Å². The summed E-state index contributed by atoms with van der Waals surface area (Å²) in [6, 6.07) is 1.73. The van der Waals surface area contributed by atoms with Crippen LogP contribution in [-0.2, 0) is 0 Å². The molecule has 1 aromatic heterocycles. The van der Waals surface area contributed by atoms with Gasteiger partial charge >= 0.3 is 0 Å². The van der Waals surface area contributed by atoms with Gasteiger partial charge < -0.3 is 10.6 Å². The summed E-state index contributed by atoms with van der Waals surface area (Å²) in [5.74, 6) is 0.0581. The van der Waals surface area contributed by atoms with Crippen molar-refractivity contribution >= 4 is 11.6 Å². The molecular weight excluding hydrogens is 226 g/mol. The fourth-order valence-electron chi connectivity index (χ4n) is 2.25. The highest BCUT2D eigenvalue weighted by Crippen LogP contribution is 2.30. The fraction of sp³-hybridized carbons (Fsp3) is 0.571. The van der Waals surface area contributed by atoms with Crippen molar-refractivity contribution < 1.29 is 4.79 Å². The van der Waals surface area contributed by atoms with Gasteiger partial charge in [-0.05, 0) is 31.2 Å². The van der Waals surface area contributed by atoms with Gasteiger partial charge in [0, 0.05) is 13.1 Å². The van der Waals surface area contributed by atoms with Gasteiger partial charge in [-0.25, -0.2) is 0 Å². The van der Waals surface area contributed by atoms with E-state index >= 15 is 0 Å². The molecule has 2 heterocycles. The van der Waals surface area contributed by atoms with Gasteiger partial charge in [-0.1, -0.05) is 13.8 Å². The predicted molar refractivity (Wildman–Crippen MR) is 72.3 cm³/mol. The maximum absolute atomic E-state index is 12.4. The van der Waals surface area contributed by atoms with Crippen LogP contribution in [0.2, 0.25) is 0 Å². The van der Waals surface area contributed by atoms with Crippen molar-refractivity contribution in [3.05, 3.63) is 23.5 Å². The summed E-state index contributed by atoms with van der Waals surface area (Å²) in [7, 11) is 0. The lowest BCUT2D eigenvalue weighted by molar-refractivity contribution is 0.0629. The summed E-state index contributed by atoms with van der Waals surface area (Å²) in [5.41, 5.74) is 7.98. The molecule has 0 unspecified atom stereocenters. The highest BCUT2D eigenvalue weighted by atomic mass is 16.2. The molecule has 1 amide bonds. The second-order valence-electron chi connectivity index (χ2n) is 5.86. The molecule has 98 valence electrons. The number of pyridine rings is 1. The topological polar surface area (TPSA) is 59.2 Å². The van der Waals surface area contributed by atoms with Crippen LogP contribution in [0.5, 0.6) is 0 Å². The summed E-state index contributed by atoms with van der Waals surface area (Å²) in [5, 5.41) is 0. The van der Waals surface area contributed by atoms with Gasteiger partial charge in [0.2, 0.25) is 0 Å². The van der Waals surface area contributed by atoms with Crippen LogP contribution in [0.25, 0.3) is 0 Å². The molecular formula is C14H21N3O. The average Bonchev–Trinajstić information content (AvgIpc) is 2.31. The third kappa shape index (κ3) is 2.63. The number of aromatic nitrogens is 1. The van der Waals surface area contributed by atoms with Crippen molar-refractivity contribution in [1.82, 2.24) is 9.88 Å². The van der Waals surface area contributed by atoms with Crippen LogP contribution in [0, 0.1) is 12.3 Å². The number of hydrogen-bond acceptors (Lipinski definition) is 3. The van der Waals surface area contributed by atoms with E-state index in [2.05, 4.69) is 18.8 Å². The number of carbonyl (C=O) groups is 1. The second kappa shape index (κ2) is 4.59. The van der Waals surface area contributed by atoms with E-state index in [4.69, 9.17) is 5.73 Å². The van der Waals surface area contributed by atoms with E-state index in [1.54, 1.807) is 12.3 Å². The molecule has 0 radical (unpaired) electrons. The third-order valence-corrected chi connectivity index (χ3v) is 3.74. The molecule has 1 aliphatic rings. The molecule has 2 N–H and O–H groups in total. The monoisotopic (exact) mass is 247 g/mol. The number of hydrogen-bond donors (Lipinski definition) is 1. The van der Waals surface area contributed by atoms with Crippen molar-refractivity contribution in [3.63, 3.8) is 0 Å². The molecule has 1 saturated heterocycles. The van der Waals surface area contributed by atoms with Gasteiger partial charge in [-0.15, -0.1) is 0 Å². The summed E-state index contributed by atoms with van der Waals surface area (Å²) < 4.78 is 0. The van der Waals surface area contributed by atoms with Gasteiger partial charge in [0.05, 0.1) is 23.1 Å². The Labute approximate surface area is 108 Å². The molecule has 0 atom stereocenters. The molecule has 0 spiro atoms. The Morgan fingerprint density at radius 2 is 2.00 bits per heavy atom. The number of rotatable bonds is 1. The van der Waals surface area contributed by atoms with Crippen molar-refractivity contribution in [2.75, 3.05) is 18.8 Å². The molecule has 1 fully saturated rings. The Balaban J connectivity index is 2.15. The third-order valence-electron chi connectivity index (χ3n) is 3.74. The average molecular weight is 247 g/mol. The van der Waals surface area contributed by atoms with Crippen LogP contribution < -0.4 is 5.73 Å². The first-order valence-electron chi connectivity index (χ1n) is 6.40. The van der Waals surface area contributed by atoms with Crippen LogP contribution in [0.1, 0.15) is 42.7 Å². The minimum atomic E-state index is 0.0581. The first kappa shape index (κ1) is 12.9. The number of aryl methyl sites for hydroxylation is 1. The molecule has 18 heavy (non-hydrogen) atoms. The number of carbonyl (C=O) groups excluding carboxylic acids is 1. The van der Waals surface area contributed by atoms with Crippen molar-refractivity contribution in [1.29, 1.82) is 0 Å². The van der Waals surface area contributed by atoms with Crippen molar-refractivity contribution in [2.45, 2.75) is 33.6 Å². The van der Waals surface area contributed by atoms with E-state index in [9.17, 15) is 4.79 Å². The second-order valence-corrected chi connectivity index (χ2v) is 5.86. The summed E-state index contributed by atoms with van der Waals surface area (Å²) >= 11 is 0. The maximum atomic E-state index is 12.4. The molecule has 2 rings (SSSR count). The van der Waals surface area contributed by atoms with Gasteiger partial charge in [0.25, 0.3) is 5.91 Å². The van der Waals surface area contributed by atoms with E-state index in [0.717, 1.165) is 31.6 Å². The zero-order valence-corrected chi connectivity index (χ0v) is 11.4. The Morgan fingerprint density at radius 3 is 2.61 bits per heavy atom. The first-order valence-corrected chi connectivity index (χ1v) is 6.40. The number of nitrogen functional groups attached to an aromatic ring is 1. The van der Waals surface area contributed by atoms with E-state index < -0.39 is 0 Å². The summed E-state index contributed by atoms with van der Waals surface area (Å²) in [4.78, 5) is 18.5. The Kier molecular flexibility index (Phi) is 3.28. The molecule has 1 aromatic rings. The largest absolute Gasteiger partial charge is 0.397 e. The minimum absolute atomic E-state index is 0.0581. The van der Waals surface area contributed by atoms with Crippen LogP contribution in [0.3, 0.4) is 0 Å². The molecule has 4 nitrogen and oxygen atoms in total. The molecule has 0 bridgehead atoms. The van der Waals surface area contributed by atoms with Crippen molar-refractivity contribution in [2.24, 2.45) is 5.41 Å². The fourth-order valence-corrected chi connectivity index (χ4v) is 2.25. The van der Waals surface area contributed by atoms with Gasteiger partial charge in [-0.2, -0.15) is 0 Å². The van der Waals surface area contributed by atoms with Gasteiger partial charge in [-0.3, -0.25) is 9.78 Å². The quantitative estimate of drug-likeness (QED) is 0.828. The molecule has 0 saturated carbocycles. The summed E-state index contributed by atoms with van der Waals surface area (Å²) in [6.45, 7) is 7.99. The Hall–Kier alpha value is -1.58. The van der Waals surface area contributed by atoms with E-state index in [-0.39, 0.29) is 5.91 Å². The number of nitrogens with zero attached hydrogens (tertiary/aromatic N) is 2. The molecule has 0 aliphatic carbocycles. The van der Waals surface area contributed by atoms with Crippen LogP contribution in [0.4, 0.5) is 5.69 Å². The minimum Gasteiger partial charge on any atom is -0.397 e. The number of likely N-dealkylation sites (tertiary alicyclic amines) is 1. The Bertz CT molecular complexity index is 458. The molecule has 0 aromatic carbocycles. The maximum Gasteiger partial charge on any atom is 0.255 e. The first-order chi connectivity index (χ1) is 8.39. The SMILES string of the molecule is Cc1ncc(N)cc1C(=O)N1CCC(C)(C)CC1. The van der Waals surface area contributed by atoms with E-state index in [0.29, 0.717) is 16.7 Å². The smallest absolute Gasteiger partial charge is 0.255 e. The van der Waals surface area contributed by atoms with Crippen LogP contribution >= 0.6 is 0 Å². The highest BCUT2D eigenvalue weighted by molar-refractivity contribution is 5.96. The van der Waals surface area contributed by atoms with Crippen LogP contribution in [0.15, 0.2) is 12.3 Å². The molecule has 4 heteroatoms. The lowest BCUT2D eigenvalue weighted by Crippen LogP contribution is -2.41. The zero-order valence-electron chi connectivity index (χ0n) is 11.4. The number of amides is 1. The predicted octanol–water partition coefficient (Wildman–Crippen LogP) is 2.23. The zero-order chi connectivity index (χ0) is 13.3. The van der Waals surface area contributed by atoms with Gasteiger partial charge in [0.1, 0.15) is 0 Å². The highest BCUT2D eigenvalue weighted by Gasteiger charge is 2.28. The van der Waals surface area contributed by atoms with E-state index in [1.807, 2.05) is 11.8 Å². The molecule has 1 aliphatic heterocycles. The lowest BCUT2D eigenvalue weighted by Gasteiger charge is -2.37. The number of anilines is 1. The van der Waals surface area contributed by atoms with Crippen LogP contribution in [-0.4, -0.2) is 28.9 Å². The summed E-state index contributed by atoms with van der Waals surface area (Å²) in [6.07, 6.45) is 3.69. The lowest BCUT2D eigenvalue weighted by atomic mass is 9.82. The number of piperidine rings is 1. The normalized spacial score (nSPS) is 18.7. The van der Waals surface area contributed by atoms with Gasteiger partial charge in [0.15, 0.2) is 0 Å². The number of nitrogens with two attached hydrogens (primary N) is 1. The van der Waals surface area contributed by atoms with Crippen molar-refractivity contribution in [3.8, 4) is 0 Å². The standard InChI is InChI=1S/C14H21N3O/c1-10-12(8-11(15)9-16-10)13(18)17-6-4-14(2,3)5-7-17/h8-9H,4-7,15H2,1-3H3.